The predicted molar refractivity (Wildman–Crippen MR) is 76.1 cm³/mol. The van der Waals surface area contributed by atoms with E-state index in [0.717, 1.165) is 17.2 Å². The van der Waals surface area contributed by atoms with E-state index in [0.29, 0.717) is 10.9 Å². The zero-order valence-corrected chi connectivity index (χ0v) is 11.9. The maximum atomic E-state index is 6.39. The lowest BCUT2D eigenvalue weighted by Crippen LogP contribution is -2.19. The molecule has 1 aromatic carbocycles. The molecule has 1 aliphatic carbocycles. The van der Waals surface area contributed by atoms with Gasteiger partial charge in [0.15, 0.2) is 0 Å². The summed E-state index contributed by atoms with van der Waals surface area (Å²) in [5.41, 5.74) is 7.53. The van der Waals surface area contributed by atoms with Crippen LogP contribution in [0.2, 0.25) is 5.02 Å². The number of hydrogen-bond donors (Lipinski definition) is 1. The zero-order valence-electron chi connectivity index (χ0n) is 11.2. The molecule has 0 saturated heterocycles. The second kappa shape index (κ2) is 5.94. The van der Waals surface area contributed by atoms with Crippen LogP contribution in [0.4, 0.5) is 0 Å². The summed E-state index contributed by atoms with van der Waals surface area (Å²) in [4.78, 5) is 0. The van der Waals surface area contributed by atoms with Crippen molar-refractivity contribution in [3.05, 3.63) is 28.8 Å². The summed E-state index contributed by atoms with van der Waals surface area (Å²) < 4.78 is 5.25. The van der Waals surface area contributed by atoms with Crippen molar-refractivity contribution in [2.75, 3.05) is 7.11 Å². The molecular formula is C15H22ClNO. The smallest absolute Gasteiger partial charge is 0.137 e. The van der Waals surface area contributed by atoms with Gasteiger partial charge in [-0.1, -0.05) is 37.4 Å². The molecule has 0 aromatic heterocycles. The van der Waals surface area contributed by atoms with Crippen LogP contribution in [-0.4, -0.2) is 7.11 Å². The maximum Gasteiger partial charge on any atom is 0.137 e. The molecule has 3 heteroatoms. The van der Waals surface area contributed by atoms with Gasteiger partial charge in [0.05, 0.1) is 12.1 Å². The number of ether oxygens (including phenoxy) is 1. The monoisotopic (exact) mass is 267 g/mol. The third-order valence-corrected chi connectivity index (χ3v) is 4.54. The van der Waals surface area contributed by atoms with Crippen molar-refractivity contribution >= 4 is 11.6 Å². The van der Waals surface area contributed by atoms with Crippen LogP contribution in [0.15, 0.2) is 18.2 Å². The molecule has 1 fully saturated rings. The Morgan fingerprint density at radius 2 is 2.22 bits per heavy atom. The average molecular weight is 268 g/mol. The Morgan fingerprint density at radius 1 is 1.44 bits per heavy atom. The first-order valence-corrected chi connectivity index (χ1v) is 7.12. The lowest BCUT2D eigenvalue weighted by Gasteiger charge is -2.20. The van der Waals surface area contributed by atoms with Gasteiger partial charge in [-0.3, -0.25) is 0 Å². The van der Waals surface area contributed by atoms with E-state index >= 15 is 0 Å². The average Bonchev–Trinajstić information content (AvgIpc) is 2.87. The van der Waals surface area contributed by atoms with Gasteiger partial charge in [0.1, 0.15) is 5.75 Å². The van der Waals surface area contributed by atoms with E-state index in [1.807, 2.05) is 18.2 Å². The van der Waals surface area contributed by atoms with Gasteiger partial charge in [0.25, 0.3) is 0 Å². The second-order valence-electron chi connectivity index (χ2n) is 5.27. The predicted octanol–water partition coefficient (Wildman–Crippen LogP) is 4.17. The highest BCUT2D eigenvalue weighted by atomic mass is 35.5. The van der Waals surface area contributed by atoms with Crippen molar-refractivity contribution in [2.45, 2.75) is 38.6 Å². The molecule has 0 amide bonds. The van der Waals surface area contributed by atoms with Crippen LogP contribution in [0.5, 0.6) is 5.75 Å². The van der Waals surface area contributed by atoms with Crippen LogP contribution in [0.3, 0.4) is 0 Å². The summed E-state index contributed by atoms with van der Waals surface area (Å²) in [6.07, 6.45) is 5.08. The zero-order chi connectivity index (χ0) is 13.1. The van der Waals surface area contributed by atoms with Crippen molar-refractivity contribution < 1.29 is 4.74 Å². The van der Waals surface area contributed by atoms with Crippen molar-refractivity contribution in [1.82, 2.24) is 0 Å². The minimum absolute atomic E-state index is 0.104. The van der Waals surface area contributed by atoms with Crippen molar-refractivity contribution in [3.8, 4) is 5.75 Å². The van der Waals surface area contributed by atoms with E-state index < -0.39 is 0 Å². The van der Waals surface area contributed by atoms with Crippen LogP contribution < -0.4 is 10.5 Å². The molecule has 3 atom stereocenters. The van der Waals surface area contributed by atoms with Crippen molar-refractivity contribution in [2.24, 2.45) is 17.6 Å². The van der Waals surface area contributed by atoms with Gasteiger partial charge in [-0.2, -0.15) is 0 Å². The Balaban J connectivity index is 2.11. The normalized spacial score (nSPS) is 25.1. The number of rotatable bonds is 4. The molecule has 2 N–H and O–H groups in total. The van der Waals surface area contributed by atoms with Crippen molar-refractivity contribution in [1.29, 1.82) is 0 Å². The van der Waals surface area contributed by atoms with Gasteiger partial charge >= 0.3 is 0 Å². The molecular weight excluding hydrogens is 246 g/mol. The number of nitrogens with two attached hydrogens (primary N) is 1. The summed E-state index contributed by atoms with van der Waals surface area (Å²) in [5.74, 6) is 2.17. The Labute approximate surface area is 114 Å². The number of hydrogen-bond acceptors (Lipinski definition) is 2. The fraction of sp³-hybridized carbons (Fsp3) is 0.600. The van der Waals surface area contributed by atoms with Crippen molar-refractivity contribution in [3.63, 3.8) is 0 Å². The molecule has 2 rings (SSSR count). The first-order chi connectivity index (χ1) is 8.65. The standard InChI is InChI=1S/C15H22ClNO/c1-3-10-4-5-11(8-10)15(17)12-6-7-13(16)14(9-12)18-2/h6-7,9-11,15H,3-5,8,17H2,1-2H3. The minimum Gasteiger partial charge on any atom is -0.495 e. The van der Waals surface area contributed by atoms with Gasteiger partial charge in [0, 0.05) is 6.04 Å². The van der Waals surface area contributed by atoms with E-state index in [1.165, 1.54) is 25.7 Å². The van der Waals surface area contributed by atoms with Crippen LogP contribution in [0.25, 0.3) is 0 Å². The van der Waals surface area contributed by atoms with E-state index in [2.05, 4.69) is 6.92 Å². The molecule has 1 saturated carbocycles. The lowest BCUT2D eigenvalue weighted by atomic mass is 9.91. The van der Waals surface area contributed by atoms with Gasteiger partial charge in [0.2, 0.25) is 0 Å². The van der Waals surface area contributed by atoms with E-state index in [-0.39, 0.29) is 6.04 Å². The first kappa shape index (κ1) is 13.7. The minimum atomic E-state index is 0.104. The molecule has 18 heavy (non-hydrogen) atoms. The maximum absolute atomic E-state index is 6.39. The van der Waals surface area contributed by atoms with Crippen LogP contribution in [0.1, 0.15) is 44.2 Å². The van der Waals surface area contributed by atoms with Crippen LogP contribution in [-0.2, 0) is 0 Å². The third-order valence-electron chi connectivity index (χ3n) is 4.23. The summed E-state index contributed by atoms with van der Waals surface area (Å²) >= 11 is 6.04. The lowest BCUT2D eigenvalue weighted by molar-refractivity contribution is 0.403. The molecule has 0 bridgehead atoms. The molecule has 0 radical (unpaired) electrons. The second-order valence-corrected chi connectivity index (χ2v) is 5.67. The van der Waals surface area contributed by atoms with Gasteiger partial charge in [-0.25, -0.2) is 0 Å². The molecule has 1 aliphatic rings. The third kappa shape index (κ3) is 2.81. The summed E-state index contributed by atoms with van der Waals surface area (Å²) in [6.45, 7) is 2.27. The highest BCUT2D eigenvalue weighted by Crippen LogP contribution is 2.40. The number of benzene rings is 1. The summed E-state index contributed by atoms with van der Waals surface area (Å²) in [7, 11) is 1.64. The largest absolute Gasteiger partial charge is 0.495 e. The summed E-state index contributed by atoms with van der Waals surface area (Å²) in [6, 6.07) is 5.98. The molecule has 3 unspecified atom stereocenters. The molecule has 0 heterocycles. The summed E-state index contributed by atoms with van der Waals surface area (Å²) in [5, 5.41) is 0.645. The van der Waals surface area contributed by atoms with Gasteiger partial charge < -0.3 is 10.5 Å². The number of halogens is 1. The molecule has 0 aliphatic heterocycles. The van der Waals surface area contributed by atoms with Gasteiger partial charge in [-0.05, 0) is 42.4 Å². The first-order valence-electron chi connectivity index (χ1n) is 6.74. The fourth-order valence-corrected chi connectivity index (χ4v) is 3.16. The van der Waals surface area contributed by atoms with E-state index in [4.69, 9.17) is 22.1 Å². The topological polar surface area (TPSA) is 35.2 Å². The van der Waals surface area contributed by atoms with E-state index in [9.17, 15) is 0 Å². The molecule has 100 valence electrons. The highest BCUT2D eigenvalue weighted by Gasteiger charge is 2.29. The van der Waals surface area contributed by atoms with Gasteiger partial charge in [-0.15, -0.1) is 0 Å². The number of methoxy groups -OCH3 is 1. The Kier molecular flexibility index (Phi) is 4.52. The SMILES string of the molecule is CCC1CCC(C(N)c2ccc(Cl)c(OC)c2)C1. The van der Waals surface area contributed by atoms with Crippen LogP contribution >= 0.6 is 11.6 Å². The van der Waals surface area contributed by atoms with E-state index in [1.54, 1.807) is 7.11 Å². The Hall–Kier alpha value is -0.730. The highest BCUT2D eigenvalue weighted by molar-refractivity contribution is 6.32. The van der Waals surface area contributed by atoms with Crippen LogP contribution in [0, 0.1) is 11.8 Å². The molecule has 0 spiro atoms. The molecule has 2 nitrogen and oxygen atoms in total. The fourth-order valence-electron chi connectivity index (χ4n) is 2.97. The quantitative estimate of drug-likeness (QED) is 0.888. The Morgan fingerprint density at radius 3 is 2.83 bits per heavy atom. The molecule has 1 aromatic rings. The Bertz CT molecular complexity index is 407.